The Kier molecular flexibility index (Phi) is 4.57. The number of hydrogen-bond donors (Lipinski definition) is 2. The molecular weight excluding hydrogens is 369 g/mol. The zero-order valence-corrected chi connectivity index (χ0v) is 15.4. The monoisotopic (exact) mass is 385 g/mol. The highest BCUT2D eigenvalue weighted by Crippen LogP contribution is 2.38. The first-order chi connectivity index (χ1) is 12.6. The summed E-state index contributed by atoms with van der Waals surface area (Å²) in [6, 6.07) is 13.7. The number of fused-ring (bicyclic) bond motifs is 1. The molecule has 26 heavy (non-hydrogen) atoms. The molecule has 0 saturated heterocycles. The van der Waals surface area contributed by atoms with E-state index in [0.717, 1.165) is 25.1 Å². The van der Waals surface area contributed by atoms with Gasteiger partial charge in [0.25, 0.3) is 0 Å². The molecule has 1 aliphatic heterocycles. The van der Waals surface area contributed by atoms with Gasteiger partial charge in [0.2, 0.25) is 0 Å². The molecule has 0 bridgehead atoms. The number of rotatable bonds is 3. The Labute approximate surface area is 161 Å². The molecule has 0 amide bonds. The predicted octanol–water partition coefficient (Wildman–Crippen LogP) is 5.19. The zero-order valence-electron chi connectivity index (χ0n) is 13.9. The molecule has 2 aromatic carbocycles. The van der Waals surface area contributed by atoms with Crippen molar-refractivity contribution in [3.05, 3.63) is 64.4 Å². The largest absolute Gasteiger partial charge is 0.393 e. The van der Waals surface area contributed by atoms with Crippen LogP contribution in [0.15, 0.2) is 48.8 Å². The van der Waals surface area contributed by atoms with Crippen LogP contribution in [0.4, 0.5) is 28.7 Å². The summed E-state index contributed by atoms with van der Waals surface area (Å²) >= 11 is 12.3. The molecular formula is C19H17Cl2N5. The molecule has 0 radical (unpaired) electrons. The fourth-order valence-corrected chi connectivity index (χ4v) is 3.53. The van der Waals surface area contributed by atoms with Crippen LogP contribution in [0.2, 0.25) is 10.0 Å². The van der Waals surface area contributed by atoms with Crippen LogP contribution in [0.3, 0.4) is 0 Å². The summed E-state index contributed by atoms with van der Waals surface area (Å²) in [5.41, 5.74) is 9.95. The molecule has 0 spiro atoms. The van der Waals surface area contributed by atoms with E-state index in [1.54, 1.807) is 6.07 Å². The highest BCUT2D eigenvalue weighted by Gasteiger charge is 2.22. The first-order valence-electron chi connectivity index (χ1n) is 8.32. The van der Waals surface area contributed by atoms with Crippen molar-refractivity contribution < 1.29 is 0 Å². The minimum absolute atomic E-state index is 0.428. The summed E-state index contributed by atoms with van der Waals surface area (Å²) in [4.78, 5) is 10.9. The van der Waals surface area contributed by atoms with Crippen LogP contribution in [0.5, 0.6) is 0 Å². The number of nitrogens with two attached hydrogens (primary N) is 1. The average Bonchev–Trinajstić information content (AvgIpc) is 2.67. The molecule has 1 aromatic heterocycles. The van der Waals surface area contributed by atoms with Crippen molar-refractivity contribution in [3.8, 4) is 0 Å². The predicted molar refractivity (Wildman–Crippen MR) is 108 cm³/mol. The molecule has 0 atom stereocenters. The maximum absolute atomic E-state index is 6.40. The lowest BCUT2D eigenvalue weighted by Gasteiger charge is -2.31. The second kappa shape index (κ2) is 7.02. The number of nitrogens with one attached hydrogen (secondary N) is 1. The fraction of sp³-hybridized carbons (Fsp3) is 0.158. The topological polar surface area (TPSA) is 67.1 Å². The molecule has 0 unspecified atom stereocenters. The van der Waals surface area contributed by atoms with Gasteiger partial charge < -0.3 is 16.0 Å². The SMILES string of the molecule is Nc1c(Nc2cccc(Cl)c2Cl)ncnc1N1CCCc2ccccc21. The van der Waals surface area contributed by atoms with Crippen LogP contribution in [0.1, 0.15) is 12.0 Å². The van der Waals surface area contributed by atoms with Gasteiger partial charge in [-0.1, -0.05) is 47.5 Å². The van der Waals surface area contributed by atoms with Gasteiger partial charge in [0.1, 0.15) is 12.0 Å². The Morgan fingerprint density at radius 2 is 1.88 bits per heavy atom. The molecule has 3 aromatic rings. The van der Waals surface area contributed by atoms with Crippen LogP contribution < -0.4 is 16.0 Å². The number of halogens is 2. The minimum Gasteiger partial charge on any atom is -0.393 e. The Bertz CT molecular complexity index is 960. The number of nitrogen functional groups attached to an aromatic ring is 1. The average molecular weight is 386 g/mol. The van der Waals surface area contributed by atoms with E-state index in [9.17, 15) is 0 Å². The first-order valence-corrected chi connectivity index (χ1v) is 9.07. The summed E-state index contributed by atoms with van der Waals surface area (Å²) in [6.07, 6.45) is 3.61. The Morgan fingerprint density at radius 3 is 2.77 bits per heavy atom. The van der Waals surface area contributed by atoms with E-state index in [1.807, 2.05) is 18.2 Å². The van der Waals surface area contributed by atoms with Crippen LogP contribution in [0.25, 0.3) is 0 Å². The molecule has 2 heterocycles. The van der Waals surface area contributed by atoms with Gasteiger partial charge in [-0.3, -0.25) is 0 Å². The van der Waals surface area contributed by atoms with Crippen molar-refractivity contribution in [1.29, 1.82) is 0 Å². The summed E-state index contributed by atoms with van der Waals surface area (Å²) < 4.78 is 0. The smallest absolute Gasteiger partial charge is 0.161 e. The molecule has 5 nitrogen and oxygen atoms in total. The van der Waals surface area contributed by atoms with Gasteiger partial charge in [-0.05, 0) is 36.6 Å². The molecule has 0 aliphatic carbocycles. The van der Waals surface area contributed by atoms with Crippen molar-refractivity contribution in [2.75, 3.05) is 22.5 Å². The molecule has 132 valence electrons. The summed E-state index contributed by atoms with van der Waals surface area (Å²) in [6.45, 7) is 0.857. The lowest BCUT2D eigenvalue weighted by molar-refractivity contribution is 0.759. The number of para-hydroxylation sites is 1. The summed E-state index contributed by atoms with van der Waals surface area (Å²) in [5, 5.41) is 4.06. The van der Waals surface area contributed by atoms with Crippen molar-refractivity contribution >= 4 is 51.9 Å². The Balaban J connectivity index is 1.72. The summed E-state index contributed by atoms with van der Waals surface area (Å²) in [7, 11) is 0. The van der Waals surface area contributed by atoms with Crippen LogP contribution in [-0.2, 0) is 6.42 Å². The Morgan fingerprint density at radius 1 is 1.04 bits per heavy atom. The number of aromatic nitrogens is 2. The van der Waals surface area contributed by atoms with E-state index >= 15 is 0 Å². The quantitative estimate of drug-likeness (QED) is 0.648. The highest BCUT2D eigenvalue weighted by molar-refractivity contribution is 6.43. The molecule has 3 N–H and O–H groups in total. The second-order valence-electron chi connectivity index (χ2n) is 6.07. The van der Waals surface area contributed by atoms with Gasteiger partial charge in [0, 0.05) is 12.2 Å². The van der Waals surface area contributed by atoms with Gasteiger partial charge in [-0.15, -0.1) is 0 Å². The number of benzene rings is 2. The van der Waals surface area contributed by atoms with Gasteiger partial charge >= 0.3 is 0 Å². The maximum atomic E-state index is 6.40. The van der Waals surface area contributed by atoms with E-state index in [2.05, 4.69) is 38.4 Å². The van der Waals surface area contributed by atoms with Gasteiger partial charge in [-0.2, -0.15) is 0 Å². The van der Waals surface area contributed by atoms with E-state index in [-0.39, 0.29) is 0 Å². The number of nitrogens with zero attached hydrogens (tertiary/aromatic N) is 3. The third-order valence-electron chi connectivity index (χ3n) is 4.43. The van der Waals surface area contributed by atoms with E-state index in [1.165, 1.54) is 11.9 Å². The standard InChI is InChI=1S/C19H17Cl2N5/c20-13-7-3-8-14(16(13)21)25-18-17(22)19(24-11-23-18)26-10-4-6-12-5-1-2-9-15(12)26/h1-3,5,7-9,11H,4,6,10,22H2,(H,23,24,25). The number of aryl methyl sites for hydroxylation is 1. The van der Waals surface area contributed by atoms with E-state index in [0.29, 0.717) is 33.1 Å². The van der Waals surface area contributed by atoms with Crippen LogP contribution >= 0.6 is 23.2 Å². The third-order valence-corrected chi connectivity index (χ3v) is 5.25. The highest BCUT2D eigenvalue weighted by atomic mass is 35.5. The molecule has 7 heteroatoms. The van der Waals surface area contributed by atoms with Crippen LogP contribution in [0, 0.1) is 0 Å². The molecule has 4 rings (SSSR count). The molecule has 0 saturated carbocycles. The van der Waals surface area contributed by atoms with Crippen molar-refractivity contribution in [3.63, 3.8) is 0 Å². The van der Waals surface area contributed by atoms with Crippen molar-refractivity contribution in [2.45, 2.75) is 12.8 Å². The Hall–Kier alpha value is -2.50. The van der Waals surface area contributed by atoms with Crippen LogP contribution in [-0.4, -0.2) is 16.5 Å². The molecule has 1 aliphatic rings. The summed E-state index contributed by atoms with van der Waals surface area (Å²) in [5.74, 6) is 1.19. The van der Waals surface area contributed by atoms with Gasteiger partial charge in [-0.25, -0.2) is 9.97 Å². The molecule has 0 fully saturated rings. The van der Waals surface area contributed by atoms with Gasteiger partial charge in [0.05, 0.1) is 15.7 Å². The first kappa shape index (κ1) is 16.9. The lowest BCUT2D eigenvalue weighted by Crippen LogP contribution is -2.26. The number of hydrogen-bond acceptors (Lipinski definition) is 5. The lowest BCUT2D eigenvalue weighted by atomic mass is 10.0. The maximum Gasteiger partial charge on any atom is 0.161 e. The number of anilines is 5. The minimum atomic E-state index is 0.428. The zero-order chi connectivity index (χ0) is 18.1. The fourth-order valence-electron chi connectivity index (χ4n) is 3.18. The van der Waals surface area contributed by atoms with E-state index < -0.39 is 0 Å². The normalized spacial score (nSPS) is 13.4. The van der Waals surface area contributed by atoms with Gasteiger partial charge in [0.15, 0.2) is 11.6 Å². The third kappa shape index (κ3) is 3.04. The van der Waals surface area contributed by atoms with E-state index in [4.69, 9.17) is 28.9 Å². The van der Waals surface area contributed by atoms with Crippen molar-refractivity contribution in [2.24, 2.45) is 0 Å². The second-order valence-corrected chi connectivity index (χ2v) is 6.86. The van der Waals surface area contributed by atoms with Crippen molar-refractivity contribution in [1.82, 2.24) is 9.97 Å².